The molecular weight excluding hydrogens is 294 g/mol. The molecule has 0 unspecified atom stereocenters. The summed E-state index contributed by atoms with van der Waals surface area (Å²) >= 11 is 1.64. The van der Waals surface area contributed by atoms with Crippen LogP contribution in [-0.2, 0) is 6.54 Å². The highest BCUT2D eigenvalue weighted by Gasteiger charge is 2.21. The number of carbonyl (C=O) groups is 1. The lowest BCUT2D eigenvalue weighted by molar-refractivity contribution is 0.0999. The topological polar surface area (TPSA) is 60.9 Å². The first-order valence-corrected chi connectivity index (χ1v) is 8.86. The van der Waals surface area contributed by atoms with E-state index in [1.54, 1.807) is 11.3 Å². The van der Waals surface area contributed by atoms with Gasteiger partial charge in [0.1, 0.15) is 0 Å². The summed E-state index contributed by atoms with van der Waals surface area (Å²) in [6.45, 7) is 4.96. The predicted molar refractivity (Wildman–Crippen MR) is 90.1 cm³/mol. The number of rotatable bonds is 4. The Morgan fingerprint density at radius 3 is 2.68 bits per heavy atom. The fraction of sp³-hybridized carbons (Fsp3) is 0.529. The predicted octanol–water partition coefficient (Wildman–Crippen LogP) is 3.91. The average molecular weight is 317 g/mol. The summed E-state index contributed by atoms with van der Waals surface area (Å²) < 4.78 is 2.25. The van der Waals surface area contributed by atoms with Crippen molar-refractivity contribution in [3.8, 4) is 11.4 Å². The lowest BCUT2D eigenvalue weighted by atomic mass is 9.89. The van der Waals surface area contributed by atoms with Crippen molar-refractivity contribution in [1.82, 2.24) is 9.55 Å². The fourth-order valence-corrected chi connectivity index (χ4v) is 4.06. The van der Waals surface area contributed by atoms with Crippen molar-refractivity contribution < 1.29 is 4.79 Å². The van der Waals surface area contributed by atoms with E-state index < -0.39 is 0 Å². The maximum Gasteiger partial charge on any atom is 0.250 e. The van der Waals surface area contributed by atoms with Gasteiger partial charge in [-0.05, 0) is 38.7 Å². The highest BCUT2D eigenvalue weighted by Crippen LogP contribution is 2.31. The van der Waals surface area contributed by atoms with Crippen molar-refractivity contribution in [3.63, 3.8) is 0 Å². The fourth-order valence-electron chi connectivity index (χ4n) is 3.45. The van der Waals surface area contributed by atoms with E-state index in [1.807, 2.05) is 19.9 Å². The molecule has 22 heavy (non-hydrogen) atoms. The molecule has 0 aliphatic heterocycles. The molecule has 2 heterocycles. The van der Waals surface area contributed by atoms with Gasteiger partial charge in [0.05, 0.1) is 22.0 Å². The Bertz CT molecular complexity index is 680. The number of hydrogen-bond acceptors (Lipinski definition) is 3. The Kier molecular flexibility index (Phi) is 4.34. The number of hydrogen-bond donors (Lipinski definition) is 1. The zero-order chi connectivity index (χ0) is 15.7. The van der Waals surface area contributed by atoms with E-state index in [0.717, 1.165) is 28.6 Å². The van der Waals surface area contributed by atoms with Crippen LogP contribution in [-0.4, -0.2) is 15.5 Å². The van der Waals surface area contributed by atoms with E-state index in [2.05, 4.69) is 14.9 Å². The molecule has 0 atom stereocenters. The van der Waals surface area contributed by atoms with Gasteiger partial charge in [0.25, 0.3) is 5.91 Å². The van der Waals surface area contributed by atoms with E-state index in [1.165, 1.54) is 32.1 Å². The summed E-state index contributed by atoms with van der Waals surface area (Å²) in [5.41, 5.74) is 9.12. The van der Waals surface area contributed by atoms with Gasteiger partial charge < -0.3 is 10.3 Å². The van der Waals surface area contributed by atoms with Crippen molar-refractivity contribution in [2.45, 2.75) is 52.5 Å². The van der Waals surface area contributed by atoms with Crippen LogP contribution in [0.2, 0.25) is 0 Å². The zero-order valence-electron chi connectivity index (χ0n) is 13.3. The molecule has 1 aliphatic rings. The number of aryl methyl sites for hydroxylation is 1. The normalized spacial score (nSPS) is 16.1. The summed E-state index contributed by atoms with van der Waals surface area (Å²) in [5, 5.41) is 3.10. The monoisotopic (exact) mass is 317 g/mol. The molecule has 0 spiro atoms. The van der Waals surface area contributed by atoms with Crippen LogP contribution < -0.4 is 5.73 Å². The standard InChI is InChI=1S/C17H23N3OS/c1-11-14(17(18)21)8-16(15-10-22-12(2)19-15)20(11)9-13-6-4-3-5-7-13/h8,10,13H,3-7,9H2,1-2H3,(H2,18,21). The minimum Gasteiger partial charge on any atom is -0.366 e. The molecule has 3 rings (SSSR count). The lowest BCUT2D eigenvalue weighted by Gasteiger charge is -2.24. The molecule has 1 fully saturated rings. The summed E-state index contributed by atoms with van der Waals surface area (Å²) in [5.74, 6) is 0.340. The molecule has 0 saturated heterocycles. The van der Waals surface area contributed by atoms with Crippen molar-refractivity contribution in [2.24, 2.45) is 11.7 Å². The van der Waals surface area contributed by atoms with E-state index in [9.17, 15) is 4.79 Å². The Morgan fingerprint density at radius 1 is 1.36 bits per heavy atom. The Labute approximate surface area is 135 Å². The Morgan fingerprint density at radius 2 is 2.09 bits per heavy atom. The van der Waals surface area contributed by atoms with E-state index >= 15 is 0 Å². The molecule has 5 heteroatoms. The lowest BCUT2D eigenvalue weighted by Crippen LogP contribution is -2.17. The molecule has 0 radical (unpaired) electrons. The Hall–Kier alpha value is -1.62. The third-order valence-corrected chi connectivity index (χ3v) is 5.45. The quantitative estimate of drug-likeness (QED) is 0.929. The van der Waals surface area contributed by atoms with Crippen LogP contribution in [0.4, 0.5) is 0 Å². The van der Waals surface area contributed by atoms with E-state index in [0.29, 0.717) is 11.5 Å². The first kappa shape index (κ1) is 15.3. The number of primary amides is 1. The molecule has 1 saturated carbocycles. The van der Waals surface area contributed by atoms with Crippen LogP contribution in [0, 0.1) is 19.8 Å². The maximum atomic E-state index is 11.7. The van der Waals surface area contributed by atoms with Crippen molar-refractivity contribution in [2.75, 3.05) is 0 Å². The third-order valence-electron chi connectivity index (χ3n) is 4.68. The molecular formula is C17H23N3OS. The smallest absolute Gasteiger partial charge is 0.250 e. The SMILES string of the molecule is Cc1nc(-c2cc(C(N)=O)c(C)n2CC2CCCCC2)cs1. The molecule has 0 bridgehead atoms. The number of nitrogens with zero attached hydrogens (tertiary/aromatic N) is 2. The minimum atomic E-state index is -0.354. The molecule has 2 aromatic heterocycles. The second kappa shape index (κ2) is 6.24. The van der Waals surface area contributed by atoms with Crippen molar-refractivity contribution in [1.29, 1.82) is 0 Å². The van der Waals surface area contributed by atoms with Crippen LogP contribution in [0.3, 0.4) is 0 Å². The van der Waals surface area contributed by atoms with Crippen LogP contribution in [0.5, 0.6) is 0 Å². The van der Waals surface area contributed by atoms with Gasteiger partial charge >= 0.3 is 0 Å². The number of carbonyl (C=O) groups excluding carboxylic acids is 1. The van der Waals surface area contributed by atoms with Gasteiger partial charge in [-0.1, -0.05) is 19.3 Å². The Balaban J connectivity index is 1.99. The van der Waals surface area contributed by atoms with Crippen molar-refractivity contribution in [3.05, 3.63) is 27.7 Å². The number of aromatic nitrogens is 2. The molecule has 1 amide bonds. The summed E-state index contributed by atoms with van der Waals surface area (Å²) in [6.07, 6.45) is 6.54. The summed E-state index contributed by atoms with van der Waals surface area (Å²) in [4.78, 5) is 16.3. The average Bonchev–Trinajstić information content (AvgIpc) is 3.05. The van der Waals surface area contributed by atoms with Gasteiger partial charge in [0, 0.05) is 17.6 Å². The number of amides is 1. The van der Waals surface area contributed by atoms with Crippen LogP contribution in [0.15, 0.2) is 11.4 Å². The van der Waals surface area contributed by atoms with E-state index in [4.69, 9.17) is 5.73 Å². The summed E-state index contributed by atoms with van der Waals surface area (Å²) in [7, 11) is 0. The molecule has 118 valence electrons. The van der Waals surface area contributed by atoms with Crippen LogP contribution >= 0.6 is 11.3 Å². The third kappa shape index (κ3) is 2.95. The second-order valence-corrected chi connectivity index (χ2v) is 7.32. The van der Waals surface area contributed by atoms with Gasteiger partial charge in [0.15, 0.2) is 0 Å². The first-order chi connectivity index (χ1) is 10.6. The molecule has 1 aliphatic carbocycles. The second-order valence-electron chi connectivity index (χ2n) is 6.26. The van der Waals surface area contributed by atoms with Crippen molar-refractivity contribution >= 4 is 17.2 Å². The van der Waals surface area contributed by atoms with Gasteiger partial charge in [-0.3, -0.25) is 4.79 Å². The van der Waals surface area contributed by atoms with Gasteiger partial charge in [-0.25, -0.2) is 4.98 Å². The van der Waals surface area contributed by atoms with Gasteiger partial charge in [0.2, 0.25) is 0 Å². The number of nitrogens with two attached hydrogens (primary N) is 1. The largest absolute Gasteiger partial charge is 0.366 e. The molecule has 4 nitrogen and oxygen atoms in total. The molecule has 2 aromatic rings. The highest BCUT2D eigenvalue weighted by atomic mass is 32.1. The molecule has 2 N–H and O–H groups in total. The van der Waals surface area contributed by atoms with E-state index in [-0.39, 0.29) is 5.91 Å². The number of thiazole rings is 1. The molecule has 0 aromatic carbocycles. The zero-order valence-corrected chi connectivity index (χ0v) is 14.1. The first-order valence-electron chi connectivity index (χ1n) is 7.98. The van der Waals surface area contributed by atoms with Gasteiger partial charge in [-0.2, -0.15) is 0 Å². The van der Waals surface area contributed by atoms with Crippen LogP contribution in [0.1, 0.15) is 53.2 Å². The van der Waals surface area contributed by atoms with Gasteiger partial charge in [-0.15, -0.1) is 11.3 Å². The minimum absolute atomic E-state index is 0.354. The summed E-state index contributed by atoms with van der Waals surface area (Å²) in [6, 6.07) is 1.91. The highest BCUT2D eigenvalue weighted by molar-refractivity contribution is 7.09. The maximum absolute atomic E-state index is 11.7. The van der Waals surface area contributed by atoms with Crippen LogP contribution in [0.25, 0.3) is 11.4 Å².